The summed E-state index contributed by atoms with van der Waals surface area (Å²) in [4.78, 5) is 41.7. The number of ether oxygens (including phenoxy) is 1. The predicted molar refractivity (Wildman–Crippen MR) is 261 cm³/mol. The van der Waals surface area contributed by atoms with E-state index < -0.39 is 41.2 Å². The van der Waals surface area contributed by atoms with Crippen LogP contribution in [0.4, 0.5) is 17.2 Å². The van der Waals surface area contributed by atoms with Crippen LogP contribution in [0.5, 0.6) is 11.5 Å². The van der Waals surface area contributed by atoms with Crippen LogP contribution in [0.3, 0.4) is 0 Å². The van der Waals surface area contributed by atoms with Gasteiger partial charge in [0, 0.05) is 83.4 Å². The molecule has 0 unspecified atom stereocenters. The van der Waals surface area contributed by atoms with Crippen molar-refractivity contribution in [1.82, 2.24) is 24.6 Å². The number of piperidine rings is 1. The highest BCUT2D eigenvalue weighted by Gasteiger charge is 2.50. The molecule has 5 heterocycles. The van der Waals surface area contributed by atoms with Gasteiger partial charge < -0.3 is 19.9 Å². The van der Waals surface area contributed by atoms with E-state index in [2.05, 4.69) is 77.3 Å². The minimum atomic E-state index is -4.64. The van der Waals surface area contributed by atoms with Crippen LogP contribution < -0.4 is 19.7 Å². The largest absolute Gasteiger partial charge is 0.455 e. The number of hydrogen-bond donors (Lipinski definition) is 3. The van der Waals surface area contributed by atoms with Gasteiger partial charge in [-0.15, -0.1) is 0 Å². The lowest BCUT2D eigenvalue weighted by Gasteiger charge is -2.56. The fourth-order valence-corrected chi connectivity index (χ4v) is 12.8. The minimum absolute atomic E-state index is 0.0218. The first-order valence-corrected chi connectivity index (χ1v) is 27.3. The topological polar surface area (TPSA) is 205 Å². The summed E-state index contributed by atoms with van der Waals surface area (Å²) < 4.78 is 52.5. The van der Waals surface area contributed by atoms with Gasteiger partial charge in [0.05, 0.1) is 28.9 Å². The van der Waals surface area contributed by atoms with Gasteiger partial charge in [-0.1, -0.05) is 38.1 Å². The van der Waals surface area contributed by atoms with Gasteiger partial charge in [0.25, 0.3) is 15.9 Å². The first kappa shape index (κ1) is 46.5. The molecule has 1 spiro atoms. The van der Waals surface area contributed by atoms with E-state index in [4.69, 9.17) is 4.74 Å². The van der Waals surface area contributed by atoms with Crippen molar-refractivity contribution in [1.29, 1.82) is 0 Å². The zero-order valence-corrected chi connectivity index (χ0v) is 40.3. The lowest BCUT2D eigenvalue weighted by atomic mass is 9.59. The summed E-state index contributed by atoms with van der Waals surface area (Å²) in [6.45, 7) is 7.76. The normalized spacial score (nSPS) is 21.3. The number of anilines is 2. The lowest BCUT2D eigenvalue weighted by molar-refractivity contribution is -0.384. The summed E-state index contributed by atoms with van der Waals surface area (Å²) in [6.07, 6.45) is 17.6. The monoisotopic (exact) mass is 951 g/mol. The maximum absolute atomic E-state index is 14.0. The van der Waals surface area contributed by atoms with Crippen molar-refractivity contribution >= 4 is 53.9 Å². The molecular formula is C49H61N9O7S2. The number of nitrogens with one attached hydrogen (secondary N) is 3. The molecule has 4 fully saturated rings. The van der Waals surface area contributed by atoms with Crippen LogP contribution in [0, 0.1) is 21.4 Å². The van der Waals surface area contributed by atoms with Gasteiger partial charge in [-0.3, -0.25) is 24.0 Å². The summed E-state index contributed by atoms with van der Waals surface area (Å²) in [6, 6.07) is 19.7. The van der Waals surface area contributed by atoms with Crippen LogP contribution in [0.1, 0.15) is 112 Å². The first-order valence-electron chi connectivity index (χ1n) is 23.5. The maximum Gasteiger partial charge on any atom is 0.312 e. The number of benzene rings is 2. The molecule has 0 radical (unpaired) electrons. The maximum atomic E-state index is 14.0. The summed E-state index contributed by atoms with van der Waals surface area (Å²) in [7, 11) is -6.84. The minimum Gasteiger partial charge on any atom is -0.455 e. The van der Waals surface area contributed by atoms with Crippen LogP contribution >= 0.6 is 0 Å². The summed E-state index contributed by atoms with van der Waals surface area (Å²) >= 11 is 0. The fraction of sp³-hybridized carbons (Fsp3) is 0.490. The van der Waals surface area contributed by atoms with Crippen LogP contribution in [-0.2, 0) is 19.8 Å². The molecule has 3 aromatic heterocycles. The zero-order valence-electron chi connectivity index (χ0n) is 38.6. The van der Waals surface area contributed by atoms with Gasteiger partial charge in [0.1, 0.15) is 22.0 Å². The molecule has 5 aromatic rings. The molecule has 2 saturated carbocycles. The number of amides is 1. The molecule has 2 aromatic carbocycles. The van der Waals surface area contributed by atoms with Crippen molar-refractivity contribution in [3.8, 4) is 11.5 Å². The molecule has 9 rings (SSSR count). The van der Waals surface area contributed by atoms with Gasteiger partial charge in [0.2, 0.25) is 5.82 Å². The average molecular weight is 952 g/mol. The van der Waals surface area contributed by atoms with Crippen molar-refractivity contribution < 1.29 is 27.1 Å². The van der Waals surface area contributed by atoms with E-state index in [-0.39, 0.29) is 29.1 Å². The molecule has 2 aliphatic heterocycles. The first-order chi connectivity index (χ1) is 32.0. The second kappa shape index (κ2) is 18.8. The zero-order chi connectivity index (χ0) is 47.1. The SMILES string of the molecule is CC(C)c1ccccc1[C@H]1CCCN1C1CC2(CCN(c3ccc(C(=O)NS(=O)(=O)c4cnc(NCC5CCC(N=S(C)(C)=O)CC5)c([N+](=O)[O-])c4)c(Oc4cnc5[nH]ccc5c4)c3)CC2)C1. The number of likely N-dealkylation sites (tertiary alicyclic amines) is 1. The number of nitro groups is 1. The second-order valence-corrected chi connectivity index (χ2v) is 23.9. The molecule has 2 aliphatic carbocycles. The van der Waals surface area contributed by atoms with Crippen molar-refractivity contribution in [2.24, 2.45) is 15.7 Å². The standard InChI is InChI=1S/C49H61N9O7S2/c1-32(2)40-8-5-6-9-41(40)43-10-7-21-57(43)37-27-49(28-37)18-22-56(23-19-49)36-15-16-42(45(25-36)65-38-24-34-17-20-50-46(34)52-30-38)48(59)55-67(63,64)39-26-44(58(60)61)47(53-31-39)51-29-33-11-13-35(14-12-33)54-66(3,4)62/h5-6,8-9,15-17,20,24-26,30-33,35,37,43H,7,10-14,18-19,21-23,27-29H2,1-4H3,(H,50,52)(H,51,53)(H,55,59)/t33?,35?,43-/m1/s1. The molecule has 67 heavy (non-hydrogen) atoms. The molecule has 4 aliphatic rings. The number of fused-ring (bicyclic) bond motifs is 1. The molecular weight excluding hydrogens is 891 g/mol. The molecule has 18 heteroatoms. The Morgan fingerprint density at radius 3 is 2.46 bits per heavy atom. The third kappa shape index (κ3) is 10.3. The quantitative estimate of drug-likeness (QED) is 0.0704. The van der Waals surface area contributed by atoms with E-state index >= 15 is 0 Å². The van der Waals surface area contributed by atoms with Crippen LogP contribution in [0.2, 0.25) is 0 Å². The number of carbonyl (C=O) groups is 1. The van der Waals surface area contributed by atoms with E-state index in [1.807, 2.05) is 12.1 Å². The predicted octanol–water partition coefficient (Wildman–Crippen LogP) is 9.18. The number of hydrogen-bond acceptors (Lipinski definition) is 13. The molecule has 1 amide bonds. The van der Waals surface area contributed by atoms with Crippen molar-refractivity contribution in [2.45, 2.75) is 107 Å². The Morgan fingerprint density at radius 1 is 0.970 bits per heavy atom. The number of aromatic nitrogens is 3. The molecule has 2 saturated heterocycles. The number of carbonyl (C=O) groups excluding carboxylic acids is 1. The Bertz CT molecular complexity index is 2880. The van der Waals surface area contributed by atoms with Crippen LogP contribution in [0.25, 0.3) is 11.0 Å². The van der Waals surface area contributed by atoms with Crippen LogP contribution in [-0.4, -0.2) is 94.1 Å². The van der Waals surface area contributed by atoms with Crippen molar-refractivity contribution in [3.05, 3.63) is 106 Å². The molecule has 16 nitrogen and oxygen atoms in total. The van der Waals surface area contributed by atoms with Gasteiger partial charge >= 0.3 is 5.69 Å². The number of nitrogens with zero attached hydrogens (tertiary/aromatic N) is 6. The summed E-state index contributed by atoms with van der Waals surface area (Å²) in [5.74, 6) is 0.114. The molecule has 1 atom stereocenters. The third-order valence-electron chi connectivity index (χ3n) is 14.4. The highest BCUT2D eigenvalue weighted by Crippen LogP contribution is 2.54. The third-order valence-corrected chi connectivity index (χ3v) is 16.5. The smallest absolute Gasteiger partial charge is 0.312 e. The Morgan fingerprint density at radius 2 is 1.73 bits per heavy atom. The van der Waals surface area contributed by atoms with Gasteiger partial charge in [-0.2, -0.15) is 0 Å². The number of sulfonamides is 1. The Kier molecular flexibility index (Phi) is 13.1. The number of aromatic amines is 1. The van der Waals surface area contributed by atoms with E-state index in [1.165, 1.54) is 43.0 Å². The fourth-order valence-electron chi connectivity index (χ4n) is 11.0. The van der Waals surface area contributed by atoms with Gasteiger partial charge in [-0.05, 0) is 123 Å². The average Bonchev–Trinajstić information content (AvgIpc) is 3.97. The number of H-pyrrole nitrogens is 1. The van der Waals surface area contributed by atoms with Gasteiger partial charge in [-0.25, -0.2) is 27.5 Å². The summed E-state index contributed by atoms with van der Waals surface area (Å²) in [5.41, 5.74) is 4.18. The lowest BCUT2D eigenvalue weighted by Crippen LogP contribution is -2.54. The Hall–Kier alpha value is -5.59. The Labute approximate surface area is 393 Å². The highest BCUT2D eigenvalue weighted by molar-refractivity contribution is 7.92. The second-order valence-electron chi connectivity index (χ2n) is 19.7. The van der Waals surface area contributed by atoms with E-state index in [9.17, 15) is 27.5 Å². The van der Waals surface area contributed by atoms with E-state index in [0.717, 1.165) is 81.5 Å². The molecule has 0 bridgehead atoms. The van der Waals surface area contributed by atoms with Crippen LogP contribution in [0.15, 0.2) is 88.5 Å². The van der Waals surface area contributed by atoms with E-state index in [0.29, 0.717) is 41.4 Å². The molecule has 3 N–H and O–H groups in total. The number of pyridine rings is 2. The highest BCUT2D eigenvalue weighted by atomic mass is 32.2. The molecule has 356 valence electrons. The number of rotatable bonds is 14. The summed E-state index contributed by atoms with van der Waals surface area (Å²) in [5, 5.41) is 16.0. The van der Waals surface area contributed by atoms with Crippen molar-refractivity contribution in [3.63, 3.8) is 0 Å². The van der Waals surface area contributed by atoms with Crippen molar-refractivity contribution in [2.75, 3.05) is 48.9 Å². The van der Waals surface area contributed by atoms with E-state index in [1.54, 1.807) is 36.9 Å². The Balaban J connectivity index is 0.882. The van der Waals surface area contributed by atoms with Gasteiger partial charge in [0.15, 0.2) is 0 Å².